The van der Waals surface area contributed by atoms with Crippen LogP contribution in [-0.4, -0.2) is 87.1 Å². The second-order valence-electron chi connectivity index (χ2n) is 15.6. The lowest BCUT2D eigenvalue weighted by Crippen LogP contribution is -2.46. The fourth-order valence-corrected chi connectivity index (χ4v) is 7.93. The Morgan fingerprint density at radius 1 is 0.540 bits per heavy atom. The van der Waals surface area contributed by atoms with Gasteiger partial charge in [-0.2, -0.15) is 0 Å². The summed E-state index contributed by atoms with van der Waals surface area (Å²) in [4.78, 5) is 32.2. The van der Waals surface area contributed by atoms with E-state index in [4.69, 9.17) is 0 Å². The lowest BCUT2D eigenvalue weighted by Gasteiger charge is -2.36. The molecule has 3 N–H and O–H groups in total. The van der Waals surface area contributed by atoms with Gasteiger partial charge in [0.05, 0.1) is 11.1 Å². The molecule has 6 aromatic rings. The predicted octanol–water partition coefficient (Wildman–Crippen LogP) is 10.5. The number of rotatable bonds is 11. The van der Waals surface area contributed by atoms with E-state index >= 15 is 0 Å². The monoisotopic (exact) mass is 950 g/mol. The largest absolute Gasteiger partial charge is 0.368 e. The number of hydrogen-bond acceptors (Lipinski definition) is 6. The predicted molar refractivity (Wildman–Crippen MR) is 273 cm³/mol. The molecule has 2 aliphatic rings. The Morgan fingerprint density at radius 2 is 1.00 bits per heavy atom. The van der Waals surface area contributed by atoms with Gasteiger partial charge in [-0.3, -0.25) is 19.4 Å². The van der Waals surface area contributed by atoms with Crippen LogP contribution in [0.2, 0.25) is 0 Å². The molecule has 9 heteroatoms. The molecule has 63 heavy (non-hydrogen) atoms. The van der Waals surface area contributed by atoms with E-state index in [1.54, 1.807) is 0 Å². The van der Waals surface area contributed by atoms with Crippen LogP contribution in [0.5, 0.6) is 0 Å². The van der Waals surface area contributed by atoms with Crippen LogP contribution in [0.1, 0.15) is 43.0 Å². The average molecular weight is 951 g/mol. The summed E-state index contributed by atoms with van der Waals surface area (Å²) in [5.41, 5.74) is 8.86. The van der Waals surface area contributed by atoms with Crippen molar-refractivity contribution >= 4 is 63.6 Å². The lowest BCUT2D eigenvalue weighted by molar-refractivity contribution is 0.101. The summed E-state index contributed by atoms with van der Waals surface area (Å²) < 4.78 is 0.954. The molecule has 8 nitrogen and oxygen atoms in total. The molecule has 0 aromatic heterocycles. The molecule has 8 rings (SSSR count). The molecule has 6 aromatic carbocycles. The van der Waals surface area contributed by atoms with Gasteiger partial charge < -0.3 is 20.9 Å². The molecule has 324 valence electrons. The summed E-state index contributed by atoms with van der Waals surface area (Å²) in [6, 6.07) is 52.0. The molecule has 0 bridgehead atoms. The number of anilines is 3. The zero-order valence-electron chi connectivity index (χ0n) is 36.4. The Hall–Kier alpha value is -5.85. The number of para-hydroxylation sites is 1. The highest BCUT2D eigenvalue weighted by atomic mass is 127. The molecule has 0 spiro atoms. The number of piperazine rings is 2. The minimum atomic E-state index is -0.0689. The van der Waals surface area contributed by atoms with Crippen molar-refractivity contribution < 1.29 is 9.59 Å². The third kappa shape index (κ3) is 15.8. The van der Waals surface area contributed by atoms with Gasteiger partial charge in [-0.25, -0.2) is 0 Å². The summed E-state index contributed by atoms with van der Waals surface area (Å²) in [6.45, 7) is 14.4. The number of nitrogens with zero attached hydrogens (tertiary/aromatic N) is 3. The SMILES string of the molecule is C(=C\c1ccccc1)/CN1CCNCC1.Cc1cccc(NC(=O)c2ccccc2I)c1.Cc1cccc(NC(=O)c2ccccc2N2CCN(C/C=C/c3ccccc3)CC2)c1. The van der Waals surface area contributed by atoms with Gasteiger partial charge in [-0.15, -0.1) is 0 Å². The zero-order valence-corrected chi connectivity index (χ0v) is 38.6. The number of carbonyl (C=O) groups excluding carboxylic acids is 2. The molecule has 2 fully saturated rings. The maximum Gasteiger partial charge on any atom is 0.257 e. The molecule has 0 saturated carbocycles. The molecule has 0 aliphatic carbocycles. The minimum Gasteiger partial charge on any atom is -0.368 e. The highest BCUT2D eigenvalue weighted by molar-refractivity contribution is 14.1. The Balaban J connectivity index is 0.000000174. The van der Waals surface area contributed by atoms with Crippen LogP contribution in [0.25, 0.3) is 12.2 Å². The quantitative estimate of drug-likeness (QED) is 0.112. The third-order valence-electron chi connectivity index (χ3n) is 10.7. The lowest BCUT2D eigenvalue weighted by atomic mass is 10.1. The van der Waals surface area contributed by atoms with Crippen LogP contribution in [0.3, 0.4) is 0 Å². The Labute approximate surface area is 387 Å². The van der Waals surface area contributed by atoms with Crippen molar-refractivity contribution in [3.05, 3.63) is 207 Å². The van der Waals surface area contributed by atoms with E-state index in [1.165, 1.54) is 24.2 Å². The average Bonchev–Trinajstić information content (AvgIpc) is 3.31. The van der Waals surface area contributed by atoms with E-state index < -0.39 is 0 Å². The molecule has 2 heterocycles. The van der Waals surface area contributed by atoms with Crippen molar-refractivity contribution in [2.24, 2.45) is 0 Å². The summed E-state index contributed by atoms with van der Waals surface area (Å²) in [7, 11) is 0. The van der Waals surface area contributed by atoms with E-state index in [9.17, 15) is 9.59 Å². The normalized spacial score (nSPS) is 14.3. The summed E-state index contributed by atoms with van der Waals surface area (Å²) in [5.74, 6) is -0.130. The summed E-state index contributed by atoms with van der Waals surface area (Å²) >= 11 is 2.16. The van der Waals surface area contributed by atoms with Crippen molar-refractivity contribution in [1.29, 1.82) is 0 Å². The molecule has 0 unspecified atom stereocenters. The van der Waals surface area contributed by atoms with Gasteiger partial charge in [0.25, 0.3) is 11.8 Å². The van der Waals surface area contributed by atoms with Crippen LogP contribution in [0.15, 0.2) is 170 Å². The molecule has 0 atom stereocenters. The number of hydrogen-bond donors (Lipinski definition) is 3. The first-order valence-corrected chi connectivity index (χ1v) is 22.8. The van der Waals surface area contributed by atoms with Gasteiger partial charge >= 0.3 is 0 Å². The van der Waals surface area contributed by atoms with Crippen molar-refractivity contribution in [3.8, 4) is 0 Å². The first-order chi connectivity index (χ1) is 30.8. The van der Waals surface area contributed by atoms with Gasteiger partial charge in [0.15, 0.2) is 0 Å². The van der Waals surface area contributed by atoms with E-state index in [-0.39, 0.29) is 11.8 Å². The fraction of sp³-hybridized carbons (Fsp3) is 0.222. The van der Waals surface area contributed by atoms with Crippen LogP contribution in [0, 0.1) is 17.4 Å². The molecule has 2 saturated heterocycles. The van der Waals surface area contributed by atoms with Crippen molar-refractivity contribution in [1.82, 2.24) is 15.1 Å². The Bertz CT molecular complexity index is 2390. The van der Waals surface area contributed by atoms with Crippen LogP contribution in [-0.2, 0) is 0 Å². The topological polar surface area (TPSA) is 79.9 Å². The van der Waals surface area contributed by atoms with Crippen LogP contribution >= 0.6 is 22.6 Å². The molecular formula is C54H59IN6O2. The highest BCUT2D eigenvalue weighted by Crippen LogP contribution is 2.24. The van der Waals surface area contributed by atoms with Gasteiger partial charge in [0, 0.05) is 86.1 Å². The van der Waals surface area contributed by atoms with E-state index in [0.717, 1.165) is 89.7 Å². The van der Waals surface area contributed by atoms with E-state index in [0.29, 0.717) is 5.56 Å². The van der Waals surface area contributed by atoms with Crippen LogP contribution < -0.4 is 20.9 Å². The maximum absolute atomic E-state index is 13.0. The van der Waals surface area contributed by atoms with Crippen LogP contribution in [0.4, 0.5) is 17.1 Å². The number of nitrogens with one attached hydrogen (secondary N) is 3. The first kappa shape index (κ1) is 46.6. The molecule has 0 radical (unpaired) electrons. The van der Waals surface area contributed by atoms with Crippen molar-refractivity contribution in [2.45, 2.75) is 13.8 Å². The van der Waals surface area contributed by atoms with Crippen molar-refractivity contribution in [2.75, 3.05) is 81.0 Å². The van der Waals surface area contributed by atoms with Gasteiger partial charge in [0.1, 0.15) is 0 Å². The van der Waals surface area contributed by atoms with Gasteiger partial charge in [-0.05, 0) is 107 Å². The zero-order chi connectivity index (χ0) is 44.1. The highest BCUT2D eigenvalue weighted by Gasteiger charge is 2.21. The number of carbonyl (C=O) groups is 2. The molecular weight excluding hydrogens is 892 g/mol. The summed E-state index contributed by atoms with van der Waals surface area (Å²) in [6.07, 6.45) is 8.86. The number of halogens is 1. The number of benzene rings is 6. The molecule has 2 amide bonds. The second-order valence-corrected chi connectivity index (χ2v) is 16.8. The minimum absolute atomic E-state index is 0.0607. The summed E-state index contributed by atoms with van der Waals surface area (Å²) in [5, 5.41) is 9.30. The van der Waals surface area contributed by atoms with Gasteiger partial charge in [-0.1, -0.05) is 133 Å². The second kappa shape index (κ2) is 25.3. The van der Waals surface area contributed by atoms with Crippen molar-refractivity contribution in [3.63, 3.8) is 0 Å². The van der Waals surface area contributed by atoms with E-state index in [1.807, 2.05) is 117 Å². The Morgan fingerprint density at radius 3 is 1.52 bits per heavy atom. The first-order valence-electron chi connectivity index (χ1n) is 21.7. The van der Waals surface area contributed by atoms with Gasteiger partial charge in [0.2, 0.25) is 0 Å². The third-order valence-corrected chi connectivity index (χ3v) is 11.6. The fourth-order valence-electron chi connectivity index (χ4n) is 7.30. The smallest absolute Gasteiger partial charge is 0.257 e. The number of amides is 2. The number of aryl methyl sites for hydroxylation is 2. The Kier molecular flexibility index (Phi) is 18.7. The van der Waals surface area contributed by atoms with E-state index in [2.05, 4.69) is 132 Å². The standard InChI is InChI=1S/C27H29N3O.C14H12INO.C13H18N2/c1-22-9-7-13-24(21-22)28-27(31)25-14-5-6-15-26(25)30-19-17-29(18-20-30)16-8-12-23-10-3-2-4-11-23;1-10-5-4-6-11(9-10)16-14(17)12-7-2-3-8-13(12)15;1-2-5-13(6-3-1)7-4-10-15-11-8-14-9-12-15/h2-15,21H,16-20H2,1H3,(H,28,31);2-9H,1H3,(H,16,17);1-7,14H,8-12H2/b12-8+;;7-4+. The maximum atomic E-state index is 13.0. The molecule has 2 aliphatic heterocycles.